The minimum atomic E-state index is -4.72. The van der Waals surface area contributed by atoms with Gasteiger partial charge in [0.1, 0.15) is 0 Å². The molecule has 2 rings (SSSR count). The number of hydrogen-bond acceptors (Lipinski definition) is 4. The zero-order chi connectivity index (χ0) is 16.6. The molecule has 0 radical (unpaired) electrons. The van der Waals surface area contributed by atoms with Gasteiger partial charge in [-0.3, -0.25) is 4.68 Å². The van der Waals surface area contributed by atoms with Gasteiger partial charge in [0.25, 0.3) is 0 Å². The van der Waals surface area contributed by atoms with Crippen molar-refractivity contribution in [2.24, 2.45) is 12.5 Å². The number of halogens is 3. The molecule has 2 atom stereocenters. The average Bonchev–Trinajstić information content (AvgIpc) is 2.77. The third-order valence-corrected chi connectivity index (χ3v) is 4.60. The quantitative estimate of drug-likeness (QED) is 0.743. The number of alkyl halides is 3. The molecule has 1 aromatic heterocycles. The number of aryl methyl sites for hydroxylation is 1. The molecule has 8 heteroatoms. The summed E-state index contributed by atoms with van der Waals surface area (Å²) >= 11 is 0. The Morgan fingerprint density at radius 2 is 2.09 bits per heavy atom. The van der Waals surface area contributed by atoms with E-state index in [-0.39, 0.29) is 6.61 Å². The van der Waals surface area contributed by atoms with Gasteiger partial charge < -0.3 is 15.5 Å². The zero-order valence-corrected chi connectivity index (χ0v) is 12.7. The molecule has 0 amide bonds. The molecule has 0 spiro atoms. The molecule has 1 saturated carbocycles. The number of nitrogens with one attached hydrogen (secondary N) is 1. The molecule has 0 aromatic carbocycles. The van der Waals surface area contributed by atoms with E-state index in [9.17, 15) is 23.4 Å². The summed E-state index contributed by atoms with van der Waals surface area (Å²) in [5, 5.41) is 26.2. The van der Waals surface area contributed by atoms with E-state index >= 15 is 0 Å². The zero-order valence-electron chi connectivity index (χ0n) is 12.7. The molecule has 1 fully saturated rings. The van der Waals surface area contributed by atoms with Gasteiger partial charge in [-0.1, -0.05) is 6.42 Å². The van der Waals surface area contributed by atoms with Crippen LogP contribution in [0, 0.1) is 5.41 Å². The molecule has 1 aliphatic rings. The van der Waals surface area contributed by atoms with Crippen molar-refractivity contribution in [2.75, 3.05) is 13.2 Å². The molecule has 1 aliphatic carbocycles. The van der Waals surface area contributed by atoms with Crippen LogP contribution in [0.3, 0.4) is 0 Å². The molecule has 0 aliphatic heterocycles. The lowest BCUT2D eigenvalue weighted by Crippen LogP contribution is -2.54. The average molecular weight is 321 g/mol. The van der Waals surface area contributed by atoms with E-state index in [2.05, 4.69) is 10.4 Å². The molecule has 1 heterocycles. The van der Waals surface area contributed by atoms with Crippen molar-refractivity contribution >= 4 is 0 Å². The molecule has 0 unspecified atom stereocenters. The van der Waals surface area contributed by atoms with Crippen molar-refractivity contribution in [3.8, 4) is 0 Å². The maximum absolute atomic E-state index is 12.8. The molecule has 5 nitrogen and oxygen atoms in total. The maximum Gasteiger partial charge on any atom is 0.418 e. The second-order valence-electron chi connectivity index (χ2n) is 6.41. The fourth-order valence-electron chi connectivity index (χ4n) is 2.85. The van der Waals surface area contributed by atoms with Crippen LogP contribution in [0.2, 0.25) is 0 Å². The normalized spacial score (nSPS) is 22.0. The van der Waals surface area contributed by atoms with Crippen LogP contribution in [-0.4, -0.2) is 44.9 Å². The molecular weight excluding hydrogens is 299 g/mol. The minimum Gasteiger partial charge on any atom is -0.396 e. The molecule has 0 saturated heterocycles. The van der Waals surface area contributed by atoms with E-state index in [1.807, 2.05) is 0 Å². The van der Waals surface area contributed by atoms with Crippen LogP contribution >= 0.6 is 0 Å². The molecular formula is C14H22F3N3O2. The van der Waals surface area contributed by atoms with Gasteiger partial charge in [0.15, 0.2) is 5.60 Å². The maximum atomic E-state index is 12.8. The van der Waals surface area contributed by atoms with Gasteiger partial charge in [-0.2, -0.15) is 18.3 Å². The first-order valence-electron chi connectivity index (χ1n) is 7.23. The topological polar surface area (TPSA) is 70.3 Å². The summed E-state index contributed by atoms with van der Waals surface area (Å²) in [6, 6.07) is -0.478. The van der Waals surface area contributed by atoms with Gasteiger partial charge >= 0.3 is 6.18 Å². The monoisotopic (exact) mass is 321 g/mol. The predicted octanol–water partition coefficient (Wildman–Crippen LogP) is 1.53. The van der Waals surface area contributed by atoms with Gasteiger partial charge in [0.05, 0.1) is 12.8 Å². The Morgan fingerprint density at radius 1 is 1.45 bits per heavy atom. The van der Waals surface area contributed by atoms with Crippen molar-refractivity contribution in [2.45, 2.75) is 44.0 Å². The first kappa shape index (κ1) is 17.2. The predicted molar refractivity (Wildman–Crippen MR) is 74.0 cm³/mol. The van der Waals surface area contributed by atoms with Gasteiger partial charge in [-0.15, -0.1) is 0 Å². The van der Waals surface area contributed by atoms with Crippen LogP contribution in [0.1, 0.15) is 37.8 Å². The highest BCUT2D eigenvalue weighted by Crippen LogP contribution is 2.50. The van der Waals surface area contributed by atoms with Gasteiger partial charge in [0.2, 0.25) is 0 Å². The lowest BCUT2D eigenvalue weighted by molar-refractivity contribution is -0.251. The van der Waals surface area contributed by atoms with Crippen LogP contribution in [0.25, 0.3) is 0 Å². The van der Waals surface area contributed by atoms with E-state index < -0.39 is 29.8 Å². The Balaban J connectivity index is 2.19. The number of rotatable bonds is 6. The van der Waals surface area contributed by atoms with Crippen molar-refractivity contribution in [3.05, 3.63) is 18.0 Å². The summed E-state index contributed by atoms with van der Waals surface area (Å²) < 4.78 is 40.0. The van der Waals surface area contributed by atoms with Crippen LogP contribution in [-0.2, 0) is 7.05 Å². The number of nitrogens with zero attached hydrogens (tertiary/aromatic N) is 2. The summed E-state index contributed by atoms with van der Waals surface area (Å²) in [4.78, 5) is 0. The van der Waals surface area contributed by atoms with Gasteiger partial charge in [-0.05, 0) is 19.8 Å². The second kappa shape index (κ2) is 5.82. The fourth-order valence-corrected chi connectivity index (χ4v) is 2.85. The van der Waals surface area contributed by atoms with E-state index in [0.29, 0.717) is 5.56 Å². The van der Waals surface area contributed by atoms with Crippen LogP contribution in [0.5, 0.6) is 0 Å². The van der Waals surface area contributed by atoms with E-state index in [1.54, 1.807) is 24.1 Å². The molecule has 1 aromatic rings. The Labute approximate surface area is 127 Å². The van der Waals surface area contributed by atoms with Crippen molar-refractivity contribution in [3.63, 3.8) is 0 Å². The largest absolute Gasteiger partial charge is 0.418 e. The number of aliphatic hydroxyl groups is 2. The highest BCUT2D eigenvalue weighted by molar-refractivity contribution is 5.17. The van der Waals surface area contributed by atoms with Crippen LogP contribution < -0.4 is 5.32 Å². The summed E-state index contributed by atoms with van der Waals surface area (Å²) in [6.45, 7) is -0.0156. The van der Waals surface area contributed by atoms with E-state index in [1.165, 1.54) is 0 Å². The molecule has 22 heavy (non-hydrogen) atoms. The number of aliphatic hydroxyl groups excluding tert-OH is 1. The standard InChI is InChI=1S/C14H22F3N3O2/c1-12(22,14(15,16)17)8-18-11(10-6-19-20(2)7-10)13(9-21)4-3-5-13/h6-7,11,18,21-22H,3-5,8-9H2,1-2H3/t11-,12+/m1/s1. The highest BCUT2D eigenvalue weighted by Gasteiger charge is 2.51. The molecule has 126 valence electrons. The van der Waals surface area contributed by atoms with Crippen molar-refractivity contribution in [1.29, 1.82) is 0 Å². The number of hydrogen-bond donors (Lipinski definition) is 3. The molecule has 0 bridgehead atoms. The lowest BCUT2D eigenvalue weighted by atomic mass is 9.63. The van der Waals surface area contributed by atoms with E-state index in [0.717, 1.165) is 26.2 Å². The Morgan fingerprint density at radius 3 is 2.45 bits per heavy atom. The highest BCUT2D eigenvalue weighted by atomic mass is 19.4. The third kappa shape index (κ3) is 3.13. The SMILES string of the molecule is Cn1cc([C@@H](NC[C@](C)(O)C(F)(F)F)C2(CO)CCC2)cn1. The second-order valence-corrected chi connectivity index (χ2v) is 6.41. The first-order chi connectivity index (χ1) is 10.1. The van der Waals surface area contributed by atoms with Crippen molar-refractivity contribution in [1.82, 2.24) is 15.1 Å². The summed E-state index contributed by atoms with van der Waals surface area (Å²) in [5.74, 6) is 0. The van der Waals surface area contributed by atoms with Crippen LogP contribution in [0.15, 0.2) is 12.4 Å². The van der Waals surface area contributed by atoms with Gasteiger partial charge in [0, 0.05) is 36.8 Å². The molecule has 3 N–H and O–H groups in total. The number of aromatic nitrogens is 2. The summed E-state index contributed by atoms with van der Waals surface area (Å²) in [5.41, 5.74) is -2.60. The van der Waals surface area contributed by atoms with Crippen LogP contribution in [0.4, 0.5) is 13.2 Å². The summed E-state index contributed by atoms with van der Waals surface area (Å²) in [7, 11) is 1.72. The lowest BCUT2D eigenvalue weighted by Gasteiger charge is -2.47. The summed E-state index contributed by atoms with van der Waals surface area (Å²) in [6.07, 6.45) is 0.958. The van der Waals surface area contributed by atoms with E-state index in [4.69, 9.17) is 0 Å². The van der Waals surface area contributed by atoms with Gasteiger partial charge in [-0.25, -0.2) is 0 Å². The Hall–Kier alpha value is -1.12. The Bertz CT molecular complexity index is 504. The third-order valence-electron chi connectivity index (χ3n) is 4.60. The minimum absolute atomic E-state index is 0.117. The van der Waals surface area contributed by atoms with Crippen molar-refractivity contribution < 1.29 is 23.4 Å². The Kier molecular flexibility index (Phi) is 4.56. The first-order valence-corrected chi connectivity index (χ1v) is 7.23. The fraction of sp³-hybridized carbons (Fsp3) is 0.786. The smallest absolute Gasteiger partial charge is 0.396 e.